The lowest BCUT2D eigenvalue weighted by atomic mass is 9.79. The molecule has 0 aromatic heterocycles. The Morgan fingerprint density at radius 2 is 1.67 bits per heavy atom. The zero-order chi connectivity index (χ0) is 16.6. The molecule has 4 heteroatoms. The fourth-order valence-corrected chi connectivity index (χ4v) is 4.14. The van der Waals surface area contributed by atoms with E-state index in [1.165, 1.54) is 0 Å². The molecule has 2 aliphatic heterocycles. The quantitative estimate of drug-likeness (QED) is 0.944. The highest BCUT2D eigenvalue weighted by Crippen LogP contribution is 2.45. The van der Waals surface area contributed by atoms with Crippen LogP contribution in [0.5, 0.6) is 0 Å². The Labute approximate surface area is 141 Å². The molecule has 1 N–H and O–H groups in total. The topological polar surface area (TPSA) is 49.4 Å². The molecule has 2 saturated heterocycles. The first-order valence-corrected chi connectivity index (χ1v) is 8.39. The molecule has 0 aliphatic carbocycles. The second-order valence-electron chi connectivity index (χ2n) is 6.56. The van der Waals surface area contributed by atoms with E-state index < -0.39 is 5.54 Å². The van der Waals surface area contributed by atoms with Crippen LogP contribution < -0.4 is 5.32 Å². The minimum atomic E-state index is -0.756. The fourth-order valence-electron chi connectivity index (χ4n) is 4.14. The van der Waals surface area contributed by atoms with Crippen molar-refractivity contribution in [2.45, 2.75) is 30.8 Å². The number of hydrogen-bond donors (Lipinski definition) is 1. The summed E-state index contributed by atoms with van der Waals surface area (Å²) in [4.78, 5) is 27.2. The van der Waals surface area contributed by atoms with E-state index in [9.17, 15) is 9.59 Å². The van der Waals surface area contributed by atoms with Gasteiger partial charge >= 0.3 is 0 Å². The summed E-state index contributed by atoms with van der Waals surface area (Å²) in [5, 5.41) is 3.00. The molecule has 2 atom stereocenters. The Morgan fingerprint density at radius 1 is 1.00 bits per heavy atom. The summed E-state index contributed by atoms with van der Waals surface area (Å²) >= 11 is 0. The number of hydrogen-bond acceptors (Lipinski definition) is 2. The Morgan fingerprint density at radius 3 is 2.38 bits per heavy atom. The summed E-state index contributed by atoms with van der Waals surface area (Å²) in [5.74, 6) is 0.0522. The predicted molar refractivity (Wildman–Crippen MR) is 91.1 cm³/mol. The summed E-state index contributed by atoms with van der Waals surface area (Å²) in [5.41, 5.74) is 1.41. The number of amides is 2. The maximum Gasteiger partial charge on any atom is 0.246 e. The van der Waals surface area contributed by atoms with Gasteiger partial charge in [-0.2, -0.15) is 0 Å². The van der Waals surface area contributed by atoms with Gasteiger partial charge in [0.15, 0.2) is 0 Å². The molecule has 2 aromatic carbocycles. The van der Waals surface area contributed by atoms with Crippen LogP contribution in [0.15, 0.2) is 60.7 Å². The molecule has 2 heterocycles. The first kappa shape index (κ1) is 14.9. The van der Waals surface area contributed by atoms with Crippen LogP contribution in [0.4, 0.5) is 0 Å². The van der Waals surface area contributed by atoms with Gasteiger partial charge in [0.2, 0.25) is 11.8 Å². The van der Waals surface area contributed by atoms with Crippen molar-refractivity contribution in [2.24, 2.45) is 0 Å². The lowest BCUT2D eigenvalue weighted by Gasteiger charge is -2.37. The molecule has 2 aromatic rings. The number of nitrogens with one attached hydrogen (secondary N) is 1. The molecule has 0 bridgehead atoms. The van der Waals surface area contributed by atoms with E-state index in [0.717, 1.165) is 11.1 Å². The summed E-state index contributed by atoms with van der Waals surface area (Å²) in [6.07, 6.45) is 1.02. The molecule has 2 aliphatic rings. The van der Waals surface area contributed by atoms with Crippen molar-refractivity contribution >= 4 is 11.8 Å². The van der Waals surface area contributed by atoms with Crippen molar-refractivity contribution in [1.29, 1.82) is 0 Å². The van der Waals surface area contributed by atoms with Crippen LogP contribution in [0, 0.1) is 0 Å². The van der Waals surface area contributed by atoms with E-state index in [1.807, 2.05) is 53.4 Å². The van der Waals surface area contributed by atoms with Crippen LogP contribution in [0.25, 0.3) is 0 Å². The first-order valence-electron chi connectivity index (χ1n) is 8.39. The highest BCUT2D eigenvalue weighted by Gasteiger charge is 2.59. The van der Waals surface area contributed by atoms with E-state index in [2.05, 4.69) is 17.4 Å². The van der Waals surface area contributed by atoms with Gasteiger partial charge in [-0.15, -0.1) is 0 Å². The second kappa shape index (κ2) is 5.78. The van der Waals surface area contributed by atoms with Gasteiger partial charge in [0, 0.05) is 25.4 Å². The summed E-state index contributed by atoms with van der Waals surface area (Å²) in [6.45, 7) is 1.07. The highest BCUT2D eigenvalue weighted by molar-refractivity contribution is 5.97. The third-order valence-electron chi connectivity index (χ3n) is 5.32. The molecular weight excluding hydrogens is 300 g/mol. The normalized spacial score (nSPS) is 26.2. The van der Waals surface area contributed by atoms with Gasteiger partial charge in [-0.1, -0.05) is 60.7 Å². The third-order valence-corrected chi connectivity index (χ3v) is 5.32. The van der Waals surface area contributed by atoms with Crippen LogP contribution in [-0.2, 0) is 16.1 Å². The number of rotatable bonds is 3. The van der Waals surface area contributed by atoms with Gasteiger partial charge in [-0.3, -0.25) is 9.59 Å². The number of carbonyl (C=O) groups excluding carboxylic acids is 2. The Bertz CT molecular complexity index is 760. The number of carbonyl (C=O) groups is 2. The standard InChI is InChI=1S/C20H20N2O2/c23-18-11-12-20(22(18)14-15-7-3-1-4-8-15)17(13-21-19(20)24)16-9-5-2-6-10-16/h1-10,17H,11-14H2,(H,21,24). The maximum atomic E-state index is 12.8. The van der Waals surface area contributed by atoms with E-state index in [0.29, 0.717) is 25.9 Å². The minimum Gasteiger partial charge on any atom is -0.353 e. The molecule has 4 rings (SSSR count). The molecular formula is C20H20N2O2. The Kier molecular flexibility index (Phi) is 3.60. The smallest absolute Gasteiger partial charge is 0.246 e. The fraction of sp³-hybridized carbons (Fsp3) is 0.300. The molecule has 0 radical (unpaired) electrons. The second-order valence-corrected chi connectivity index (χ2v) is 6.56. The van der Waals surface area contributed by atoms with E-state index >= 15 is 0 Å². The highest BCUT2D eigenvalue weighted by atomic mass is 16.2. The lowest BCUT2D eigenvalue weighted by Crippen LogP contribution is -2.53. The van der Waals surface area contributed by atoms with Gasteiger partial charge in [0.25, 0.3) is 0 Å². The predicted octanol–water partition coefficient (Wildman–Crippen LogP) is 2.46. The number of benzene rings is 2. The number of likely N-dealkylation sites (tertiary alicyclic amines) is 1. The molecule has 2 unspecified atom stereocenters. The maximum absolute atomic E-state index is 12.8. The summed E-state index contributed by atoms with van der Waals surface area (Å²) < 4.78 is 0. The molecule has 2 fully saturated rings. The molecule has 4 nitrogen and oxygen atoms in total. The van der Waals surface area contributed by atoms with Gasteiger partial charge in [0.1, 0.15) is 5.54 Å². The SMILES string of the molecule is O=C1CCC2(C(=O)NCC2c2ccccc2)N1Cc1ccccc1. The van der Waals surface area contributed by atoms with Crippen molar-refractivity contribution in [3.05, 3.63) is 71.8 Å². The van der Waals surface area contributed by atoms with E-state index in [1.54, 1.807) is 0 Å². The van der Waals surface area contributed by atoms with Crippen LogP contribution in [-0.4, -0.2) is 28.8 Å². The van der Waals surface area contributed by atoms with Crippen molar-refractivity contribution in [3.63, 3.8) is 0 Å². The molecule has 122 valence electrons. The molecule has 0 saturated carbocycles. The van der Waals surface area contributed by atoms with Gasteiger partial charge < -0.3 is 10.2 Å². The monoisotopic (exact) mass is 320 g/mol. The zero-order valence-electron chi connectivity index (χ0n) is 13.4. The van der Waals surface area contributed by atoms with E-state index in [4.69, 9.17) is 0 Å². The average Bonchev–Trinajstić information content (AvgIpc) is 3.12. The molecule has 2 amide bonds. The van der Waals surface area contributed by atoms with Gasteiger partial charge in [0.05, 0.1) is 0 Å². The van der Waals surface area contributed by atoms with Crippen molar-refractivity contribution in [1.82, 2.24) is 10.2 Å². The van der Waals surface area contributed by atoms with Crippen molar-refractivity contribution in [2.75, 3.05) is 6.54 Å². The summed E-state index contributed by atoms with van der Waals surface area (Å²) in [7, 11) is 0. The minimum absolute atomic E-state index is 0.00126. The number of nitrogens with zero attached hydrogens (tertiary/aromatic N) is 1. The van der Waals surface area contributed by atoms with Crippen LogP contribution in [0.3, 0.4) is 0 Å². The first-order chi connectivity index (χ1) is 11.7. The van der Waals surface area contributed by atoms with Crippen LogP contribution in [0.1, 0.15) is 29.9 Å². The molecule has 24 heavy (non-hydrogen) atoms. The average molecular weight is 320 g/mol. The lowest BCUT2D eigenvalue weighted by molar-refractivity contribution is -0.140. The Balaban J connectivity index is 1.74. The van der Waals surface area contributed by atoms with Crippen molar-refractivity contribution < 1.29 is 9.59 Å². The largest absolute Gasteiger partial charge is 0.353 e. The summed E-state index contributed by atoms with van der Waals surface area (Å²) in [6, 6.07) is 20.0. The van der Waals surface area contributed by atoms with Crippen molar-refractivity contribution in [3.8, 4) is 0 Å². The van der Waals surface area contributed by atoms with Gasteiger partial charge in [-0.25, -0.2) is 0 Å². The zero-order valence-corrected chi connectivity index (χ0v) is 13.4. The third kappa shape index (κ3) is 2.21. The molecule has 1 spiro atoms. The van der Waals surface area contributed by atoms with Crippen LogP contribution >= 0.6 is 0 Å². The van der Waals surface area contributed by atoms with E-state index in [-0.39, 0.29) is 17.7 Å². The van der Waals surface area contributed by atoms with Gasteiger partial charge in [-0.05, 0) is 17.5 Å². The Hall–Kier alpha value is -2.62. The van der Waals surface area contributed by atoms with Crippen LogP contribution in [0.2, 0.25) is 0 Å².